The van der Waals surface area contributed by atoms with Gasteiger partial charge in [0.25, 0.3) is 0 Å². The summed E-state index contributed by atoms with van der Waals surface area (Å²) in [6.07, 6.45) is 10.9. The third-order valence-corrected chi connectivity index (χ3v) is 7.23. The molecule has 1 aliphatic rings. The highest BCUT2D eigenvalue weighted by molar-refractivity contribution is 5.76. The first-order chi connectivity index (χ1) is 17.2. The van der Waals surface area contributed by atoms with Gasteiger partial charge in [-0.2, -0.15) is 0 Å². The molecule has 1 N–H and O–H groups in total. The lowest BCUT2D eigenvalue weighted by Crippen LogP contribution is -2.29. The predicted octanol–water partition coefficient (Wildman–Crippen LogP) is 5.10. The van der Waals surface area contributed by atoms with Crippen LogP contribution in [0.5, 0.6) is 0 Å². The zero-order valence-electron chi connectivity index (χ0n) is 20.6. The molecule has 1 aromatic carbocycles. The summed E-state index contributed by atoms with van der Waals surface area (Å²) in [5.74, 6) is 0.587. The molecule has 182 valence electrons. The first-order valence-corrected chi connectivity index (χ1v) is 12.8. The van der Waals surface area contributed by atoms with Gasteiger partial charge in [0.2, 0.25) is 0 Å². The summed E-state index contributed by atoms with van der Waals surface area (Å²) in [4.78, 5) is 18.2. The Balaban J connectivity index is 1.45. The average Bonchev–Trinajstić information content (AvgIpc) is 3.51. The summed E-state index contributed by atoms with van der Waals surface area (Å²) in [6, 6.07) is 12.5. The van der Waals surface area contributed by atoms with E-state index in [-0.39, 0.29) is 5.69 Å². The second-order valence-electron chi connectivity index (χ2n) is 9.51. The Bertz CT molecular complexity index is 1310. The van der Waals surface area contributed by atoms with Gasteiger partial charge in [0.1, 0.15) is 0 Å². The summed E-state index contributed by atoms with van der Waals surface area (Å²) in [7, 11) is 0. The number of aromatic nitrogens is 7. The van der Waals surface area contributed by atoms with Gasteiger partial charge in [-0.25, -0.2) is 9.89 Å². The molecule has 0 aliphatic heterocycles. The monoisotopic (exact) mass is 471 g/mol. The Labute approximate surface area is 205 Å². The molecule has 8 heteroatoms. The molecule has 3 aromatic heterocycles. The van der Waals surface area contributed by atoms with Crippen molar-refractivity contribution in [3.8, 4) is 22.6 Å². The van der Waals surface area contributed by atoms with Crippen molar-refractivity contribution in [2.45, 2.75) is 77.8 Å². The van der Waals surface area contributed by atoms with E-state index in [0.29, 0.717) is 18.4 Å². The minimum Gasteiger partial charge on any atom is -0.293 e. The number of aromatic amines is 1. The second kappa shape index (κ2) is 10.4. The third-order valence-electron chi connectivity index (χ3n) is 7.23. The van der Waals surface area contributed by atoms with E-state index in [0.717, 1.165) is 60.2 Å². The number of H-pyrrole nitrogens is 1. The van der Waals surface area contributed by atoms with Gasteiger partial charge in [-0.1, -0.05) is 56.9 Å². The lowest BCUT2D eigenvalue weighted by Gasteiger charge is -2.23. The number of hydrogen-bond acceptors (Lipinski definition) is 5. The summed E-state index contributed by atoms with van der Waals surface area (Å²) < 4.78 is 4.12. The van der Waals surface area contributed by atoms with Crippen LogP contribution >= 0.6 is 0 Å². The molecule has 5 rings (SSSR count). The van der Waals surface area contributed by atoms with Crippen LogP contribution in [0, 0.1) is 6.92 Å². The van der Waals surface area contributed by atoms with E-state index in [9.17, 15) is 4.79 Å². The number of hydrogen-bond donors (Lipinski definition) is 1. The van der Waals surface area contributed by atoms with Crippen molar-refractivity contribution in [1.29, 1.82) is 0 Å². The topological polar surface area (TPSA) is 94.3 Å². The molecule has 3 heterocycles. The van der Waals surface area contributed by atoms with Crippen LogP contribution < -0.4 is 5.69 Å². The molecule has 0 amide bonds. The molecule has 0 saturated heterocycles. The van der Waals surface area contributed by atoms with E-state index in [4.69, 9.17) is 0 Å². The minimum absolute atomic E-state index is 0.148. The van der Waals surface area contributed by atoms with E-state index in [1.54, 1.807) is 6.20 Å². The number of nitrogens with one attached hydrogen (secondary N) is 1. The highest BCUT2D eigenvalue weighted by Crippen LogP contribution is 2.30. The van der Waals surface area contributed by atoms with Crippen molar-refractivity contribution in [3.63, 3.8) is 0 Å². The largest absolute Gasteiger partial charge is 0.329 e. The van der Waals surface area contributed by atoms with Crippen molar-refractivity contribution < 1.29 is 0 Å². The number of pyridine rings is 1. The Morgan fingerprint density at radius 1 is 1.09 bits per heavy atom. The van der Waals surface area contributed by atoms with E-state index < -0.39 is 0 Å². The number of unbranched alkanes of at least 4 members (excludes halogenated alkanes) is 1. The number of tetrazole rings is 1. The molecule has 4 aromatic rings. The van der Waals surface area contributed by atoms with Crippen LogP contribution in [0.4, 0.5) is 0 Å². The Morgan fingerprint density at radius 2 is 1.89 bits per heavy atom. The number of rotatable bonds is 8. The van der Waals surface area contributed by atoms with Crippen LogP contribution in [0.25, 0.3) is 22.6 Å². The maximum absolute atomic E-state index is 13.6. The third kappa shape index (κ3) is 4.70. The summed E-state index contributed by atoms with van der Waals surface area (Å²) in [5, 5.41) is 14.2. The van der Waals surface area contributed by atoms with E-state index in [1.165, 1.54) is 25.0 Å². The Hall–Kier alpha value is -3.55. The average molecular weight is 472 g/mol. The number of imidazole rings is 1. The molecular weight excluding hydrogens is 438 g/mol. The van der Waals surface area contributed by atoms with E-state index in [2.05, 4.69) is 68.3 Å². The van der Waals surface area contributed by atoms with Gasteiger partial charge >= 0.3 is 5.69 Å². The van der Waals surface area contributed by atoms with Crippen LogP contribution in [-0.2, 0) is 13.0 Å². The SMILES string of the molecule is CCCCc1c(C)n(C2CCCCC2)c(=O)n1Cc1ccc(-c2ncccc2-c2nnn[nH]2)cc1. The molecule has 0 radical (unpaired) electrons. The zero-order valence-corrected chi connectivity index (χ0v) is 20.6. The summed E-state index contributed by atoms with van der Waals surface area (Å²) in [6.45, 7) is 4.93. The molecule has 0 atom stereocenters. The van der Waals surface area contributed by atoms with Gasteiger partial charge in [0, 0.05) is 34.8 Å². The fourth-order valence-electron chi connectivity index (χ4n) is 5.37. The maximum Gasteiger partial charge on any atom is 0.329 e. The van der Waals surface area contributed by atoms with Gasteiger partial charge in [-0.15, -0.1) is 5.10 Å². The standard InChI is InChI=1S/C27H33N7O/c1-3-4-12-24-19(2)34(22-9-6-5-7-10-22)27(35)33(24)18-20-13-15-21(16-14-20)25-23(11-8-17-28-25)26-29-31-32-30-26/h8,11,13-17,22H,3-7,9-10,12,18H2,1-2H3,(H,29,30,31,32). The molecule has 1 aliphatic carbocycles. The fraction of sp³-hybridized carbons (Fsp3) is 0.444. The van der Waals surface area contributed by atoms with Gasteiger partial charge in [-0.3, -0.25) is 14.1 Å². The van der Waals surface area contributed by atoms with E-state index in [1.807, 2.05) is 16.7 Å². The highest BCUT2D eigenvalue weighted by Gasteiger charge is 2.24. The predicted molar refractivity (Wildman–Crippen MR) is 136 cm³/mol. The molecule has 1 fully saturated rings. The summed E-state index contributed by atoms with van der Waals surface area (Å²) in [5.41, 5.74) is 6.25. The van der Waals surface area contributed by atoms with Crippen molar-refractivity contribution in [2.75, 3.05) is 0 Å². The minimum atomic E-state index is 0.148. The fourth-order valence-corrected chi connectivity index (χ4v) is 5.37. The lowest BCUT2D eigenvalue weighted by atomic mass is 9.95. The number of nitrogens with zero attached hydrogens (tertiary/aromatic N) is 6. The van der Waals surface area contributed by atoms with E-state index >= 15 is 0 Å². The molecule has 1 saturated carbocycles. The normalized spacial score (nSPS) is 14.5. The van der Waals surface area contributed by atoms with Gasteiger partial charge in [0.05, 0.1) is 12.2 Å². The van der Waals surface area contributed by atoms with Crippen LogP contribution in [0.2, 0.25) is 0 Å². The molecule has 0 unspecified atom stereocenters. The van der Waals surface area contributed by atoms with Crippen LogP contribution in [0.1, 0.15) is 74.9 Å². The smallest absolute Gasteiger partial charge is 0.293 e. The van der Waals surface area contributed by atoms with Crippen LogP contribution in [0.15, 0.2) is 47.4 Å². The summed E-state index contributed by atoms with van der Waals surface area (Å²) >= 11 is 0. The first kappa shape index (κ1) is 23.2. The second-order valence-corrected chi connectivity index (χ2v) is 9.51. The maximum atomic E-state index is 13.6. The molecule has 8 nitrogen and oxygen atoms in total. The Kier molecular flexibility index (Phi) is 6.88. The quantitative estimate of drug-likeness (QED) is 0.386. The van der Waals surface area contributed by atoms with Crippen molar-refractivity contribution >= 4 is 0 Å². The zero-order chi connectivity index (χ0) is 24.2. The van der Waals surface area contributed by atoms with Crippen molar-refractivity contribution in [2.24, 2.45) is 0 Å². The van der Waals surface area contributed by atoms with Crippen molar-refractivity contribution in [3.05, 3.63) is 70.0 Å². The Morgan fingerprint density at radius 3 is 2.60 bits per heavy atom. The number of benzene rings is 1. The molecule has 0 spiro atoms. The van der Waals surface area contributed by atoms with Crippen LogP contribution in [-0.4, -0.2) is 34.7 Å². The van der Waals surface area contributed by atoms with Gasteiger partial charge in [0.15, 0.2) is 5.82 Å². The van der Waals surface area contributed by atoms with Gasteiger partial charge < -0.3 is 0 Å². The molecule has 0 bridgehead atoms. The van der Waals surface area contributed by atoms with Crippen molar-refractivity contribution in [1.82, 2.24) is 34.7 Å². The highest BCUT2D eigenvalue weighted by atomic mass is 16.1. The van der Waals surface area contributed by atoms with Crippen LogP contribution in [0.3, 0.4) is 0 Å². The lowest BCUT2D eigenvalue weighted by molar-refractivity contribution is 0.340. The molecular formula is C27H33N7O. The van der Waals surface area contributed by atoms with Gasteiger partial charge in [-0.05, 0) is 60.7 Å². The first-order valence-electron chi connectivity index (χ1n) is 12.8. The molecule has 35 heavy (non-hydrogen) atoms.